The van der Waals surface area contributed by atoms with Gasteiger partial charge in [-0.05, 0) is 43.3 Å². The zero-order valence-corrected chi connectivity index (χ0v) is 22.3. The van der Waals surface area contributed by atoms with E-state index in [1.807, 2.05) is 35.7 Å². The van der Waals surface area contributed by atoms with Crippen LogP contribution in [-0.2, 0) is 19.6 Å². The quantitative estimate of drug-likeness (QED) is 0.297. The highest BCUT2D eigenvalue weighted by molar-refractivity contribution is 7.92. The largest absolute Gasteiger partial charge is 0.486 e. The van der Waals surface area contributed by atoms with Crippen molar-refractivity contribution in [2.75, 3.05) is 23.3 Å². The molecule has 0 saturated carbocycles. The molecule has 12 heteroatoms. The molecule has 5 rings (SSSR count). The molecule has 2 heterocycles. The number of hydrogen-bond donors (Lipinski definition) is 2. The first-order valence-electron chi connectivity index (χ1n) is 11.8. The summed E-state index contributed by atoms with van der Waals surface area (Å²) in [6, 6.07) is 19.6. The third kappa shape index (κ3) is 6.19. The average Bonchev–Trinajstić information content (AvgIpc) is 3.42. The van der Waals surface area contributed by atoms with E-state index >= 15 is 0 Å². The molecule has 1 aliphatic heterocycles. The summed E-state index contributed by atoms with van der Waals surface area (Å²) in [6.45, 7) is 2.19. The maximum absolute atomic E-state index is 12.8. The number of nitrogens with zero attached hydrogens (tertiary/aromatic N) is 1. The van der Waals surface area contributed by atoms with Crippen molar-refractivity contribution < 1.29 is 32.2 Å². The van der Waals surface area contributed by atoms with Gasteiger partial charge in [-0.1, -0.05) is 30.3 Å². The van der Waals surface area contributed by atoms with E-state index < -0.39 is 28.0 Å². The van der Waals surface area contributed by atoms with E-state index in [0.717, 1.165) is 11.3 Å². The van der Waals surface area contributed by atoms with E-state index in [-0.39, 0.29) is 16.1 Å². The number of benzene rings is 3. The normalized spacial score (nSPS) is 13.3. The van der Waals surface area contributed by atoms with Crippen molar-refractivity contribution in [2.45, 2.75) is 17.9 Å². The first-order chi connectivity index (χ1) is 18.8. The van der Waals surface area contributed by atoms with Crippen LogP contribution in [0.15, 0.2) is 83.1 Å². The number of fused-ring (bicyclic) bond motifs is 1. The Labute approximate surface area is 228 Å². The lowest BCUT2D eigenvalue weighted by Crippen LogP contribution is -2.30. The van der Waals surface area contributed by atoms with Crippen LogP contribution >= 0.6 is 11.3 Å². The highest BCUT2D eigenvalue weighted by atomic mass is 32.2. The first-order valence-corrected chi connectivity index (χ1v) is 14.2. The van der Waals surface area contributed by atoms with E-state index in [1.165, 1.54) is 60.7 Å². The van der Waals surface area contributed by atoms with E-state index in [0.29, 0.717) is 29.8 Å². The summed E-state index contributed by atoms with van der Waals surface area (Å²) in [6.07, 6.45) is -1.09. The van der Waals surface area contributed by atoms with Crippen molar-refractivity contribution in [3.63, 3.8) is 0 Å². The molecule has 1 aliphatic rings. The van der Waals surface area contributed by atoms with Crippen LogP contribution in [0, 0.1) is 0 Å². The summed E-state index contributed by atoms with van der Waals surface area (Å²) in [4.78, 5) is 29.5. The van der Waals surface area contributed by atoms with E-state index in [9.17, 15) is 18.0 Å². The van der Waals surface area contributed by atoms with Crippen molar-refractivity contribution in [2.24, 2.45) is 0 Å². The number of hydrogen-bond acceptors (Lipinski definition) is 9. The molecular weight excluding hydrogens is 542 g/mol. The number of anilines is 2. The molecule has 1 aromatic heterocycles. The number of aromatic nitrogens is 1. The fraction of sp³-hybridized carbons (Fsp3) is 0.148. The third-order valence-corrected chi connectivity index (χ3v) is 7.79. The van der Waals surface area contributed by atoms with Gasteiger partial charge in [0.25, 0.3) is 15.9 Å². The highest BCUT2D eigenvalue weighted by Gasteiger charge is 2.22. The Morgan fingerprint density at radius 3 is 2.44 bits per heavy atom. The number of nitrogens with one attached hydrogen (secondary N) is 2. The molecule has 1 atom stereocenters. The second-order valence-electron chi connectivity index (χ2n) is 8.43. The minimum atomic E-state index is -3.92. The number of carbonyl (C=O) groups excluding carboxylic acids is 2. The number of thiazole rings is 1. The Kier molecular flexibility index (Phi) is 7.48. The number of ether oxygens (including phenoxy) is 3. The summed E-state index contributed by atoms with van der Waals surface area (Å²) < 4.78 is 44.2. The van der Waals surface area contributed by atoms with Gasteiger partial charge in [0.2, 0.25) is 0 Å². The van der Waals surface area contributed by atoms with Crippen LogP contribution in [0.4, 0.5) is 10.8 Å². The Morgan fingerprint density at radius 1 is 0.974 bits per heavy atom. The molecule has 4 aromatic rings. The summed E-state index contributed by atoms with van der Waals surface area (Å²) in [5, 5.41) is 4.87. The van der Waals surface area contributed by atoms with E-state index in [4.69, 9.17) is 14.2 Å². The van der Waals surface area contributed by atoms with Crippen molar-refractivity contribution >= 4 is 44.1 Å². The van der Waals surface area contributed by atoms with E-state index in [2.05, 4.69) is 15.0 Å². The lowest BCUT2D eigenvalue weighted by Gasteiger charge is -2.19. The van der Waals surface area contributed by atoms with Crippen molar-refractivity contribution in [1.29, 1.82) is 0 Å². The van der Waals surface area contributed by atoms with Crippen LogP contribution in [0.2, 0.25) is 0 Å². The maximum atomic E-state index is 12.8. The second-order valence-corrected chi connectivity index (χ2v) is 11.0. The zero-order chi connectivity index (χ0) is 27.4. The summed E-state index contributed by atoms with van der Waals surface area (Å²) in [5.41, 5.74) is 2.04. The van der Waals surface area contributed by atoms with Crippen molar-refractivity contribution in [1.82, 2.24) is 4.98 Å². The average molecular weight is 566 g/mol. The fourth-order valence-corrected chi connectivity index (χ4v) is 5.44. The van der Waals surface area contributed by atoms with Gasteiger partial charge in [-0.25, -0.2) is 18.2 Å². The summed E-state index contributed by atoms with van der Waals surface area (Å²) >= 11 is 1.26. The number of rotatable bonds is 8. The Balaban J connectivity index is 1.17. The molecule has 0 saturated heterocycles. The lowest BCUT2D eigenvalue weighted by molar-refractivity contribution is -0.123. The van der Waals surface area contributed by atoms with Crippen LogP contribution in [0.5, 0.6) is 11.5 Å². The third-order valence-electron chi connectivity index (χ3n) is 5.65. The second kappa shape index (κ2) is 11.1. The van der Waals surface area contributed by atoms with Crippen molar-refractivity contribution in [3.05, 3.63) is 83.7 Å². The minimum Gasteiger partial charge on any atom is -0.486 e. The minimum absolute atomic E-state index is 0.00573. The number of sulfonamides is 1. The standard InChI is InChI=1S/C27H23N3O7S2/c1-17(25(31)29-27-28-22(16-38-27)18-5-3-2-4-6-18)37-26(32)19-7-9-20(10-8-19)30-39(33,34)21-11-12-23-24(15-21)36-14-13-35-23/h2-12,15-17,30H,13-14H2,1H3,(H,28,29,31)/t17-/m1/s1. The smallest absolute Gasteiger partial charge is 0.338 e. The molecule has 1 amide bonds. The molecule has 0 aliphatic carbocycles. The summed E-state index contributed by atoms with van der Waals surface area (Å²) in [7, 11) is -3.92. The lowest BCUT2D eigenvalue weighted by atomic mass is 10.2. The number of amides is 1. The maximum Gasteiger partial charge on any atom is 0.338 e. The fourth-order valence-electron chi connectivity index (χ4n) is 3.64. The Hall–Kier alpha value is -4.42. The van der Waals surface area contributed by atoms with Crippen LogP contribution in [0.1, 0.15) is 17.3 Å². The number of esters is 1. The van der Waals surface area contributed by atoms with Gasteiger partial charge < -0.3 is 14.2 Å². The van der Waals surface area contributed by atoms with Gasteiger partial charge in [-0.2, -0.15) is 0 Å². The molecule has 0 radical (unpaired) electrons. The van der Waals surface area contributed by atoms with Gasteiger partial charge in [-0.3, -0.25) is 14.8 Å². The predicted molar refractivity (Wildman–Crippen MR) is 146 cm³/mol. The molecule has 2 N–H and O–H groups in total. The van der Waals surface area contributed by atoms with Crippen LogP contribution in [0.3, 0.4) is 0 Å². The predicted octanol–water partition coefficient (Wildman–Crippen LogP) is 4.57. The first kappa shape index (κ1) is 26.2. The SMILES string of the molecule is C[C@@H](OC(=O)c1ccc(NS(=O)(=O)c2ccc3c(c2)OCCO3)cc1)C(=O)Nc1nc(-c2ccccc2)cs1. The van der Waals surface area contributed by atoms with Gasteiger partial charge in [-0.15, -0.1) is 11.3 Å². The molecule has 0 bridgehead atoms. The molecule has 200 valence electrons. The monoisotopic (exact) mass is 565 g/mol. The van der Waals surface area contributed by atoms with Crippen LogP contribution in [-0.4, -0.2) is 44.6 Å². The van der Waals surface area contributed by atoms with Gasteiger partial charge in [0.1, 0.15) is 13.2 Å². The van der Waals surface area contributed by atoms with Gasteiger partial charge in [0.15, 0.2) is 22.7 Å². The van der Waals surface area contributed by atoms with Gasteiger partial charge in [0, 0.05) is 22.7 Å². The molecule has 3 aromatic carbocycles. The van der Waals surface area contributed by atoms with E-state index in [1.54, 1.807) is 0 Å². The zero-order valence-electron chi connectivity index (χ0n) is 20.6. The van der Waals surface area contributed by atoms with Crippen LogP contribution < -0.4 is 19.5 Å². The molecule has 10 nitrogen and oxygen atoms in total. The van der Waals surface area contributed by atoms with Gasteiger partial charge in [0.05, 0.1) is 16.2 Å². The molecular formula is C27H23N3O7S2. The highest BCUT2D eigenvalue weighted by Crippen LogP contribution is 2.33. The number of carbonyl (C=O) groups is 2. The topological polar surface area (TPSA) is 133 Å². The molecule has 39 heavy (non-hydrogen) atoms. The summed E-state index contributed by atoms with van der Waals surface area (Å²) in [5.74, 6) is -0.425. The van der Waals surface area contributed by atoms with Crippen LogP contribution in [0.25, 0.3) is 11.3 Å². The molecule has 0 spiro atoms. The molecule has 0 fully saturated rings. The Morgan fingerprint density at radius 2 is 1.69 bits per heavy atom. The Bertz CT molecular complexity index is 1600. The van der Waals surface area contributed by atoms with Gasteiger partial charge >= 0.3 is 5.97 Å². The van der Waals surface area contributed by atoms with Crippen molar-refractivity contribution in [3.8, 4) is 22.8 Å². The molecule has 0 unspecified atom stereocenters.